The van der Waals surface area contributed by atoms with E-state index in [2.05, 4.69) is 19.2 Å². The molecule has 1 amide bonds. The van der Waals surface area contributed by atoms with E-state index < -0.39 is 11.4 Å². The van der Waals surface area contributed by atoms with E-state index in [-0.39, 0.29) is 18.4 Å². The summed E-state index contributed by atoms with van der Waals surface area (Å²) in [5, 5.41) is 12.6. The molecule has 24 heavy (non-hydrogen) atoms. The maximum Gasteiger partial charge on any atom is 0.311 e. The van der Waals surface area contributed by atoms with E-state index in [9.17, 15) is 14.7 Å². The lowest BCUT2D eigenvalue weighted by atomic mass is 9.81. The lowest BCUT2D eigenvalue weighted by molar-refractivity contribution is -0.149. The van der Waals surface area contributed by atoms with Crippen molar-refractivity contribution >= 4 is 17.6 Å². The number of carbonyl (C=O) groups is 2. The van der Waals surface area contributed by atoms with Gasteiger partial charge in [-0.05, 0) is 36.3 Å². The smallest absolute Gasteiger partial charge is 0.311 e. The van der Waals surface area contributed by atoms with Gasteiger partial charge in [-0.2, -0.15) is 0 Å². The molecule has 1 saturated heterocycles. The van der Waals surface area contributed by atoms with E-state index in [1.807, 2.05) is 29.2 Å². The van der Waals surface area contributed by atoms with Crippen molar-refractivity contribution in [3.05, 3.63) is 29.8 Å². The van der Waals surface area contributed by atoms with Crippen LogP contribution in [0.2, 0.25) is 0 Å². The second kappa shape index (κ2) is 6.55. The molecular formula is C19H26N2O3. The Labute approximate surface area is 143 Å². The minimum absolute atomic E-state index is 0.0661. The number of carboxylic acids is 1. The summed E-state index contributed by atoms with van der Waals surface area (Å²) in [6.07, 6.45) is 2.68. The molecule has 5 heteroatoms. The van der Waals surface area contributed by atoms with Crippen LogP contribution in [0.15, 0.2) is 24.3 Å². The van der Waals surface area contributed by atoms with Crippen LogP contribution < -0.4 is 5.32 Å². The Morgan fingerprint density at radius 1 is 1.38 bits per heavy atom. The number of fused-ring (bicyclic) bond motifs is 1. The summed E-state index contributed by atoms with van der Waals surface area (Å²) in [6, 6.07) is 7.84. The molecule has 1 aliphatic carbocycles. The van der Waals surface area contributed by atoms with Crippen molar-refractivity contribution in [2.24, 2.45) is 11.3 Å². The van der Waals surface area contributed by atoms with Gasteiger partial charge in [0.25, 0.3) is 0 Å². The van der Waals surface area contributed by atoms with Crippen molar-refractivity contribution in [2.45, 2.75) is 39.0 Å². The standard InChI is InChI=1S/C19H26N2O3/c1-13(2)15-7-3-4-8-16(15)20-17(22)11-21-10-14-6-5-9-19(14,12-21)18(23)24/h3-4,7-8,13-14H,5-6,9-12H2,1-2H3,(H,20,22)(H,23,24)/t14-,19+/m0/s1. The summed E-state index contributed by atoms with van der Waals surface area (Å²) in [7, 11) is 0. The minimum atomic E-state index is -0.696. The average molecular weight is 330 g/mol. The van der Waals surface area contributed by atoms with Gasteiger partial charge in [-0.25, -0.2) is 0 Å². The molecule has 0 bridgehead atoms. The normalized spacial score (nSPS) is 26.5. The van der Waals surface area contributed by atoms with E-state index in [1.165, 1.54) is 0 Å². The maximum atomic E-state index is 12.4. The first-order chi connectivity index (χ1) is 11.4. The Hall–Kier alpha value is -1.88. The van der Waals surface area contributed by atoms with E-state index in [1.54, 1.807) is 0 Å². The molecule has 0 spiro atoms. The Morgan fingerprint density at radius 2 is 2.12 bits per heavy atom. The molecule has 1 aliphatic heterocycles. The summed E-state index contributed by atoms with van der Waals surface area (Å²) in [6.45, 7) is 5.67. The molecule has 1 heterocycles. The highest BCUT2D eigenvalue weighted by atomic mass is 16.4. The minimum Gasteiger partial charge on any atom is -0.481 e. The second-order valence-electron chi connectivity index (χ2n) is 7.51. The first-order valence-corrected chi connectivity index (χ1v) is 8.77. The van der Waals surface area contributed by atoms with Gasteiger partial charge in [0.05, 0.1) is 12.0 Å². The summed E-state index contributed by atoms with van der Waals surface area (Å²) in [5.74, 6) is -0.240. The van der Waals surface area contributed by atoms with Crippen LogP contribution in [-0.2, 0) is 9.59 Å². The monoisotopic (exact) mass is 330 g/mol. The average Bonchev–Trinajstić information content (AvgIpc) is 3.05. The molecule has 0 aromatic heterocycles. The van der Waals surface area contributed by atoms with Gasteiger partial charge in [-0.3, -0.25) is 14.5 Å². The van der Waals surface area contributed by atoms with Crippen molar-refractivity contribution in [3.8, 4) is 0 Å². The number of hydrogen-bond donors (Lipinski definition) is 2. The van der Waals surface area contributed by atoms with Gasteiger partial charge in [0.15, 0.2) is 0 Å². The number of nitrogens with zero attached hydrogens (tertiary/aromatic N) is 1. The molecule has 1 aromatic carbocycles. The van der Waals surface area contributed by atoms with Gasteiger partial charge in [0.1, 0.15) is 0 Å². The van der Waals surface area contributed by atoms with Crippen LogP contribution in [0.1, 0.15) is 44.6 Å². The van der Waals surface area contributed by atoms with Gasteiger partial charge in [-0.15, -0.1) is 0 Å². The predicted molar refractivity (Wildman–Crippen MR) is 93.0 cm³/mol. The predicted octanol–water partition coefficient (Wildman–Crippen LogP) is 2.94. The zero-order chi connectivity index (χ0) is 17.3. The summed E-state index contributed by atoms with van der Waals surface area (Å²) in [5.41, 5.74) is 1.34. The fraction of sp³-hybridized carbons (Fsp3) is 0.579. The lowest BCUT2D eigenvalue weighted by Gasteiger charge is -2.23. The molecule has 1 saturated carbocycles. The number of carbonyl (C=O) groups excluding carboxylic acids is 1. The highest BCUT2D eigenvalue weighted by molar-refractivity contribution is 5.93. The summed E-state index contributed by atoms with van der Waals surface area (Å²) >= 11 is 0. The Bertz CT molecular complexity index is 643. The largest absolute Gasteiger partial charge is 0.481 e. The van der Waals surface area contributed by atoms with Gasteiger partial charge in [0.2, 0.25) is 5.91 Å². The maximum absolute atomic E-state index is 12.4. The molecule has 0 unspecified atom stereocenters. The SMILES string of the molecule is CC(C)c1ccccc1NC(=O)CN1C[C@@H]2CCC[C@@]2(C(=O)O)C1. The Balaban J connectivity index is 1.64. The summed E-state index contributed by atoms with van der Waals surface area (Å²) in [4.78, 5) is 26.2. The third kappa shape index (κ3) is 3.05. The molecule has 1 aromatic rings. The topological polar surface area (TPSA) is 69.6 Å². The van der Waals surface area contributed by atoms with Crippen LogP contribution in [0.5, 0.6) is 0 Å². The molecule has 2 aliphatic rings. The molecule has 2 N–H and O–H groups in total. The zero-order valence-corrected chi connectivity index (χ0v) is 14.4. The van der Waals surface area contributed by atoms with Crippen molar-refractivity contribution in [1.29, 1.82) is 0 Å². The van der Waals surface area contributed by atoms with E-state index in [0.717, 1.165) is 30.5 Å². The Kier molecular flexibility index (Phi) is 4.63. The molecular weight excluding hydrogens is 304 g/mol. The van der Waals surface area contributed by atoms with Crippen LogP contribution in [0, 0.1) is 11.3 Å². The second-order valence-corrected chi connectivity index (χ2v) is 7.51. The first-order valence-electron chi connectivity index (χ1n) is 8.77. The Morgan fingerprint density at radius 3 is 2.79 bits per heavy atom. The number of amides is 1. The number of aliphatic carboxylic acids is 1. The zero-order valence-electron chi connectivity index (χ0n) is 14.4. The van der Waals surface area contributed by atoms with Crippen molar-refractivity contribution in [1.82, 2.24) is 4.90 Å². The first kappa shape index (κ1) is 17.0. The van der Waals surface area contributed by atoms with Crippen LogP contribution in [0.3, 0.4) is 0 Å². The molecule has 2 atom stereocenters. The van der Waals surface area contributed by atoms with Crippen LogP contribution in [0.4, 0.5) is 5.69 Å². The number of carboxylic acid groups (broad SMARTS) is 1. The number of hydrogen-bond acceptors (Lipinski definition) is 3. The third-order valence-corrected chi connectivity index (χ3v) is 5.59. The quantitative estimate of drug-likeness (QED) is 0.871. The highest BCUT2D eigenvalue weighted by Gasteiger charge is 2.54. The molecule has 2 fully saturated rings. The van der Waals surface area contributed by atoms with E-state index in [4.69, 9.17) is 0 Å². The van der Waals surface area contributed by atoms with Crippen LogP contribution >= 0.6 is 0 Å². The third-order valence-electron chi connectivity index (χ3n) is 5.59. The van der Waals surface area contributed by atoms with Crippen LogP contribution in [-0.4, -0.2) is 41.5 Å². The number of benzene rings is 1. The van der Waals surface area contributed by atoms with Crippen molar-refractivity contribution in [3.63, 3.8) is 0 Å². The lowest BCUT2D eigenvalue weighted by Crippen LogP contribution is -2.37. The molecule has 0 radical (unpaired) electrons. The van der Waals surface area contributed by atoms with Gasteiger partial charge in [-0.1, -0.05) is 38.5 Å². The summed E-state index contributed by atoms with van der Waals surface area (Å²) < 4.78 is 0. The number of rotatable bonds is 5. The number of nitrogens with one attached hydrogen (secondary N) is 1. The molecule has 5 nitrogen and oxygen atoms in total. The van der Waals surface area contributed by atoms with Gasteiger partial charge >= 0.3 is 5.97 Å². The number of anilines is 1. The fourth-order valence-corrected chi connectivity index (χ4v) is 4.37. The van der Waals surface area contributed by atoms with Gasteiger partial charge < -0.3 is 10.4 Å². The molecule has 130 valence electrons. The van der Waals surface area contributed by atoms with Gasteiger partial charge in [0, 0.05) is 18.8 Å². The van der Waals surface area contributed by atoms with E-state index in [0.29, 0.717) is 19.0 Å². The fourth-order valence-electron chi connectivity index (χ4n) is 4.37. The number of likely N-dealkylation sites (tertiary alicyclic amines) is 1. The van der Waals surface area contributed by atoms with E-state index >= 15 is 0 Å². The highest BCUT2D eigenvalue weighted by Crippen LogP contribution is 2.48. The van der Waals surface area contributed by atoms with Crippen molar-refractivity contribution in [2.75, 3.05) is 25.0 Å². The van der Waals surface area contributed by atoms with Crippen LogP contribution in [0.25, 0.3) is 0 Å². The van der Waals surface area contributed by atoms with Crippen molar-refractivity contribution < 1.29 is 14.7 Å². The molecule has 3 rings (SSSR count). The number of para-hydroxylation sites is 1.